The van der Waals surface area contributed by atoms with E-state index in [2.05, 4.69) is 54.2 Å². The highest BCUT2D eigenvalue weighted by molar-refractivity contribution is 5.78. The molecule has 1 amide bonds. The summed E-state index contributed by atoms with van der Waals surface area (Å²) in [7, 11) is 0. The summed E-state index contributed by atoms with van der Waals surface area (Å²) in [6.07, 6.45) is 58.4. The summed E-state index contributed by atoms with van der Waals surface area (Å²) in [5.41, 5.74) is 0. The van der Waals surface area contributed by atoms with Crippen LogP contribution in [0.3, 0.4) is 0 Å². The third kappa shape index (κ3) is 45.1. The van der Waals surface area contributed by atoms with E-state index in [1.807, 2.05) is 0 Å². The Balaban J connectivity index is 2.81. The maximum Gasteiger partial charge on any atom is 0.305 e. The predicted octanol–water partition coefficient (Wildman–Crippen LogP) is 18.5. The van der Waals surface area contributed by atoms with E-state index in [4.69, 9.17) is 4.74 Å². The number of piperidine rings is 1. The molecule has 0 saturated carbocycles. The lowest BCUT2D eigenvalue weighted by atomic mass is 9.94. The van der Waals surface area contributed by atoms with Crippen LogP contribution in [0.25, 0.3) is 0 Å². The summed E-state index contributed by atoms with van der Waals surface area (Å²) >= 11 is 0. The molecule has 1 aliphatic rings. The molecule has 0 aromatic heterocycles. The van der Waals surface area contributed by atoms with E-state index in [1.54, 1.807) is 0 Å². The Morgan fingerprint density at radius 2 is 0.722 bits per heavy atom. The summed E-state index contributed by atoms with van der Waals surface area (Å²) in [5, 5.41) is 0. The molecule has 1 rings (SSSR count). The molecule has 0 radical (unpaired) electrons. The zero-order valence-electron chi connectivity index (χ0n) is 49.9. The predicted molar refractivity (Wildman–Crippen MR) is 316 cm³/mol. The fourth-order valence-electron chi connectivity index (χ4n) is 11.2. The smallest absolute Gasteiger partial charge is 0.305 e. The minimum Gasteiger partial charge on any atom is -0.466 e. The van der Waals surface area contributed by atoms with Crippen LogP contribution in [-0.4, -0.2) is 110 Å². The standard InChI is InChI=1S/C65H130N4O3/c1-6-11-16-21-25-26-27-28-29-33-37-41-51-66(52-44-39-34-40-49-65(71)72-60-46-20-15-10-5)57-50-63-48-47-56-69(61-63)64(70)62-68(55-45-38-32-24-19-14-9-4)59-58-67(53-42-35-30-22-17-12-7-2)54-43-36-31-23-18-13-8-3/h63H,6-62H2,1-5H3. The van der Waals surface area contributed by atoms with Gasteiger partial charge in [0.2, 0.25) is 5.91 Å². The number of esters is 1. The van der Waals surface area contributed by atoms with Gasteiger partial charge in [-0.05, 0) is 109 Å². The van der Waals surface area contributed by atoms with Crippen LogP contribution in [0.1, 0.15) is 324 Å². The molecule has 1 atom stereocenters. The van der Waals surface area contributed by atoms with Gasteiger partial charge in [-0.15, -0.1) is 0 Å². The molecule has 0 bridgehead atoms. The summed E-state index contributed by atoms with van der Waals surface area (Å²) in [5.74, 6) is 0.994. The molecule has 1 fully saturated rings. The average molecular weight is 1020 g/mol. The lowest BCUT2D eigenvalue weighted by Crippen LogP contribution is -2.47. The van der Waals surface area contributed by atoms with Crippen molar-refractivity contribution in [2.24, 2.45) is 5.92 Å². The van der Waals surface area contributed by atoms with Gasteiger partial charge in [0.05, 0.1) is 13.2 Å². The van der Waals surface area contributed by atoms with E-state index >= 15 is 0 Å². The molecule has 0 spiro atoms. The second-order valence-electron chi connectivity index (χ2n) is 23.3. The van der Waals surface area contributed by atoms with Crippen LogP contribution in [0.2, 0.25) is 0 Å². The number of carbonyl (C=O) groups is 2. The lowest BCUT2D eigenvalue weighted by molar-refractivity contribution is -0.144. The average Bonchev–Trinajstić information content (AvgIpc) is 3.39. The number of likely N-dealkylation sites (tertiary alicyclic amines) is 1. The number of amides is 1. The first kappa shape index (κ1) is 68.8. The number of nitrogens with zero attached hydrogens (tertiary/aromatic N) is 4. The van der Waals surface area contributed by atoms with Crippen molar-refractivity contribution in [2.45, 2.75) is 324 Å². The summed E-state index contributed by atoms with van der Waals surface area (Å²) < 4.78 is 5.50. The van der Waals surface area contributed by atoms with Crippen LogP contribution in [0.5, 0.6) is 0 Å². The molecule has 7 nitrogen and oxygen atoms in total. The second-order valence-corrected chi connectivity index (χ2v) is 23.3. The van der Waals surface area contributed by atoms with Crippen LogP contribution >= 0.6 is 0 Å². The van der Waals surface area contributed by atoms with E-state index in [1.165, 1.54) is 270 Å². The van der Waals surface area contributed by atoms with Gasteiger partial charge in [0.15, 0.2) is 0 Å². The highest BCUT2D eigenvalue weighted by Crippen LogP contribution is 2.22. The number of hydrogen-bond acceptors (Lipinski definition) is 6. The lowest BCUT2D eigenvalue weighted by Gasteiger charge is -2.36. The Hall–Kier alpha value is -1.18. The van der Waals surface area contributed by atoms with Crippen LogP contribution in [0.4, 0.5) is 0 Å². The van der Waals surface area contributed by atoms with Crippen molar-refractivity contribution in [2.75, 3.05) is 78.6 Å². The molecule has 7 heteroatoms. The molecular formula is C65H130N4O3. The molecule has 1 unspecified atom stereocenters. The fraction of sp³-hybridized carbons (Fsp3) is 0.969. The molecule has 428 valence electrons. The van der Waals surface area contributed by atoms with Crippen molar-refractivity contribution in [3.05, 3.63) is 0 Å². The van der Waals surface area contributed by atoms with Crippen LogP contribution in [0, 0.1) is 5.92 Å². The molecule has 1 aliphatic heterocycles. The SMILES string of the molecule is CCCCCCCCCCCCCCN(CCCCCCC(=O)OCCCCCC)CCC1CCCN(C(=O)CN(CCCCCCCCC)CCN(CCCCCCCCC)CCCCCCCCC)C1. The fourth-order valence-corrected chi connectivity index (χ4v) is 11.2. The molecule has 1 saturated heterocycles. The molecule has 0 aromatic rings. The van der Waals surface area contributed by atoms with Crippen molar-refractivity contribution in [3.63, 3.8) is 0 Å². The summed E-state index contributed by atoms with van der Waals surface area (Å²) in [6, 6.07) is 0. The van der Waals surface area contributed by atoms with Crippen LogP contribution in [0.15, 0.2) is 0 Å². The molecule has 72 heavy (non-hydrogen) atoms. The van der Waals surface area contributed by atoms with Gasteiger partial charge in [0, 0.05) is 32.6 Å². The zero-order chi connectivity index (χ0) is 52.1. The number of ether oxygens (including phenoxy) is 1. The third-order valence-electron chi connectivity index (χ3n) is 16.2. The van der Waals surface area contributed by atoms with E-state index < -0.39 is 0 Å². The zero-order valence-corrected chi connectivity index (χ0v) is 49.9. The maximum absolute atomic E-state index is 14.3. The Morgan fingerprint density at radius 3 is 1.14 bits per heavy atom. The largest absolute Gasteiger partial charge is 0.466 e. The molecular weight excluding hydrogens is 885 g/mol. The van der Waals surface area contributed by atoms with Gasteiger partial charge >= 0.3 is 5.97 Å². The number of rotatable bonds is 57. The highest BCUT2D eigenvalue weighted by atomic mass is 16.5. The Kier molecular flexibility index (Phi) is 52.2. The summed E-state index contributed by atoms with van der Waals surface area (Å²) in [4.78, 5) is 37.0. The van der Waals surface area contributed by atoms with Gasteiger partial charge < -0.3 is 19.4 Å². The monoisotopic (exact) mass is 1020 g/mol. The van der Waals surface area contributed by atoms with E-state index in [9.17, 15) is 9.59 Å². The molecule has 0 aromatic carbocycles. The maximum atomic E-state index is 14.3. The highest BCUT2D eigenvalue weighted by Gasteiger charge is 2.26. The van der Waals surface area contributed by atoms with Crippen molar-refractivity contribution >= 4 is 11.9 Å². The quantitative estimate of drug-likeness (QED) is 0.0447. The van der Waals surface area contributed by atoms with Gasteiger partial charge in [0.1, 0.15) is 0 Å². The Morgan fingerprint density at radius 1 is 0.389 bits per heavy atom. The molecule has 1 heterocycles. The van der Waals surface area contributed by atoms with Gasteiger partial charge in [-0.3, -0.25) is 14.5 Å². The van der Waals surface area contributed by atoms with Crippen molar-refractivity contribution in [1.29, 1.82) is 0 Å². The van der Waals surface area contributed by atoms with Gasteiger partial charge in [-0.2, -0.15) is 0 Å². The first-order valence-corrected chi connectivity index (χ1v) is 33.1. The minimum atomic E-state index is -0.00389. The molecule has 0 aliphatic carbocycles. The van der Waals surface area contributed by atoms with Gasteiger partial charge in [-0.1, -0.05) is 253 Å². The van der Waals surface area contributed by atoms with Crippen molar-refractivity contribution in [3.8, 4) is 0 Å². The van der Waals surface area contributed by atoms with Crippen LogP contribution < -0.4 is 0 Å². The van der Waals surface area contributed by atoms with Gasteiger partial charge in [0.25, 0.3) is 0 Å². The van der Waals surface area contributed by atoms with Crippen molar-refractivity contribution < 1.29 is 14.3 Å². The number of hydrogen-bond donors (Lipinski definition) is 0. The van der Waals surface area contributed by atoms with Gasteiger partial charge in [-0.25, -0.2) is 0 Å². The Labute approximate surface area is 452 Å². The first-order valence-electron chi connectivity index (χ1n) is 33.1. The van der Waals surface area contributed by atoms with Crippen molar-refractivity contribution in [1.82, 2.24) is 19.6 Å². The topological polar surface area (TPSA) is 56.3 Å². The van der Waals surface area contributed by atoms with Crippen LogP contribution in [-0.2, 0) is 14.3 Å². The number of unbranched alkanes of at least 4 members (excludes halogenated alkanes) is 35. The second kappa shape index (κ2) is 54.6. The first-order chi connectivity index (χ1) is 35.5. The number of carbonyl (C=O) groups excluding carboxylic acids is 2. The van der Waals surface area contributed by atoms with E-state index in [0.29, 0.717) is 31.4 Å². The third-order valence-corrected chi connectivity index (χ3v) is 16.2. The normalized spacial score (nSPS) is 14.2. The minimum absolute atomic E-state index is 0.00389. The Bertz CT molecular complexity index is 1100. The summed E-state index contributed by atoms with van der Waals surface area (Å²) in [6.45, 7) is 23.7. The van der Waals surface area contributed by atoms with E-state index in [-0.39, 0.29) is 5.97 Å². The molecule has 0 N–H and O–H groups in total. The van der Waals surface area contributed by atoms with E-state index in [0.717, 1.165) is 77.9 Å².